The highest BCUT2D eigenvalue weighted by Crippen LogP contribution is 2.21. The molecule has 0 fully saturated rings. The summed E-state index contributed by atoms with van der Waals surface area (Å²) in [6.45, 7) is 6.44. The minimum absolute atomic E-state index is 0.00110. The van der Waals surface area contributed by atoms with E-state index in [0.717, 1.165) is 17.7 Å². The van der Waals surface area contributed by atoms with Crippen LogP contribution in [0.15, 0.2) is 48.5 Å². The number of carbonyl (C=O) groups excluding carboxylic acids is 1. The molecule has 24 heavy (non-hydrogen) atoms. The van der Waals surface area contributed by atoms with Crippen LogP contribution in [-0.4, -0.2) is 12.5 Å². The monoisotopic (exact) mass is 328 g/mol. The third kappa shape index (κ3) is 5.17. The summed E-state index contributed by atoms with van der Waals surface area (Å²) in [6.07, 6.45) is 0.976. The molecular weight excluding hydrogens is 303 g/mol. The summed E-state index contributed by atoms with van der Waals surface area (Å²) >= 11 is 0. The van der Waals surface area contributed by atoms with Crippen molar-refractivity contribution in [1.82, 2.24) is 5.32 Å². The predicted octanol–water partition coefficient (Wildman–Crippen LogP) is 4.31. The third-order valence-electron chi connectivity index (χ3n) is 4.02. The molecule has 0 spiro atoms. The van der Waals surface area contributed by atoms with E-state index in [-0.39, 0.29) is 30.2 Å². The molecule has 2 aromatic rings. The predicted molar refractivity (Wildman–Crippen MR) is 96.4 cm³/mol. The van der Waals surface area contributed by atoms with E-state index in [2.05, 4.69) is 31.4 Å². The normalized spacial score (nSPS) is 12.2. The van der Waals surface area contributed by atoms with Gasteiger partial charge in [0.1, 0.15) is 5.82 Å². The molecule has 1 amide bonds. The van der Waals surface area contributed by atoms with E-state index < -0.39 is 0 Å². The van der Waals surface area contributed by atoms with Crippen LogP contribution < -0.4 is 10.6 Å². The van der Waals surface area contributed by atoms with Crippen molar-refractivity contribution in [3.8, 4) is 0 Å². The number of halogens is 1. The maximum absolute atomic E-state index is 13.1. The number of rotatable bonds is 7. The van der Waals surface area contributed by atoms with Crippen LogP contribution in [0.3, 0.4) is 0 Å². The Bertz CT molecular complexity index is 650. The Hall–Kier alpha value is -2.20. The molecule has 0 unspecified atom stereocenters. The second-order valence-corrected chi connectivity index (χ2v) is 6.25. The Morgan fingerprint density at radius 1 is 1.04 bits per heavy atom. The first-order chi connectivity index (χ1) is 11.5. The topological polar surface area (TPSA) is 41.1 Å². The molecule has 3 nitrogen and oxygen atoms in total. The fourth-order valence-corrected chi connectivity index (χ4v) is 2.64. The van der Waals surface area contributed by atoms with Gasteiger partial charge in [0.25, 0.3) is 0 Å². The van der Waals surface area contributed by atoms with E-state index in [1.807, 2.05) is 24.3 Å². The Morgan fingerprint density at radius 2 is 1.67 bits per heavy atom. The number of nitrogens with one attached hydrogen (secondary N) is 2. The summed E-state index contributed by atoms with van der Waals surface area (Å²) in [4.78, 5) is 12.1. The number of carbonyl (C=O) groups is 1. The third-order valence-corrected chi connectivity index (χ3v) is 4.02. The summed E-state index contributed by atoms with van der Waals surface area (Å²) in [5.74, 6) is -0.0614. The van der Waals surface area contributed by atoms with Crippen molar-refractivity contribution >= 4 is 11.6 Å². The van der Waals surface area contributed by atoms with Gasteiger partial charge in [-0.3, -0.25) is 4.79 Å². The van der Waals surface area contributed by atoms with Crippen molar-refractivity contribution in [2.45, 2.75) is 33.2 Å². The van der Waals surface area contributed by atoms with Crippen LogP contribution in [0.25, 0.3) is 0 Å². The van der Waals surface area contributed by atoms with Crippen molar-refractivity contribution in [1.29, 1.82) is 0 Å². The van der Waals surface area contributed by atoms with Gasteiger partial charge in [-0.1, -0.05) is 45.0 Å². The van der Waals surface area contributed by atoms with Crippen LogP contribution in [0.1, 0.15) is 37.9 Å². The quantitative estimate of drug-likeness (QED) is 0.795. The second kappa shape index (κ2) is 8.60. The Kier molecular flexibility index (Phi) is 6.50. The lowest BCUT2D eigenvalue weighted by Crippen LogP contribution is -2.33. The minimum atomic E-state index is -0.255. The van der Waals surface area contributed by atoms with Crippen molar-refractivity contribution in [2.75, 3.05) is 11.9 Å². The van der Waals surface area contributed by atoms with E-state index in [1.54, 1.807) is 12.1 Å². The van der Waals surface area contributed by atoms with Gasteiger partial charge in [-0.2, -0.15) is 0 Å². The van der Waals surface area contributed by atoms with E-state index in [4.69, 9.17) is 0 Å². The standard InChI is InChI=1S/C20H25FN2O/c1-4-15-5-11-18(12-6-15)23-19(24)13-22-20(14(2)3)16-7-9-17(21)10-8-16/h5-12,14,20,22H,4,13H2,1-3H3,(H,23,24)/t20-/m0/s1. The van der Waals surface area contributed by atoms with Gasteiger partial charge in [-0.25, -0.2) is 4.39 Å². The lowest BCUT2D eigenvalue weighted by molar-refractivity contribution is -0.115. The molecule has 0 saturated heterocycles. The first kappa shape index (κ1) is 18.1. The van der Waals surface area contributed by atoms with Crippen LogP contribution in [0.5, 0.6) is 0 Å². The van der Waals surface area contributed by atoms with Crippen molar-refractivity contribution < 1.29 is 9.18 Å². The van der Waals surface area contributed by atoms with E-state index in [9.17, 15) is 9.18 Å². The molecule has 4 heteroatoms. The molecule has 0 aromatic heterocycles. The zero-order valence-corrected chi connectivity index (χ0v) is 14.5. The summed E-state index contributed by atoms with van der Waals surface area (Å²) in [5, 5.41) is 6.15. The number of aryl methyl sites for hydroxylation is 1. The van der Waals surface area contributed by atoms with Crippen LogP contribution in [0.4, 0.5) is 10.1 Å². The number of amides is 1. The number of benzene rings is 2. The first-order valence-corrected chi connectivity index (χ1v) is 8.37. The smallest absolute Gasteiger partial charge is 0.238 e. The molecule has 0 heterocycles. The summed E-state index contributed by atoms with van der Waals surface area (Å²) < 4.78 is 13.1. The summed E-state index contributed by atoms with van der Waals surface area (Å²) in [7, 11) is 0. The van der Waals surface area contributed by atoms with Crippen LogP contribution in [0, 0.1) is 11.7 Å². The van der Waals surface area contributed by atoms with Gasteiger partial charge in [0.05, 0.1) is 6.54 Å². The van der Waals surface area contributed by atoms with Gasteiger partial charge >= 0.3 is 0 Å². The lowest BCUT2D eigenvalue weighted by atomic mass is 9.96. The van der Waals surface area contributed by atoms with Crippen LogP contribution in [0.2, 0.25) is 0 Å². The lowest BCUT2D eigenvalue weighted by Gasteiger charge is -2.22. The zero-order valence-electron chi connectivity index (χ0n) is 14.5. The number of hydrogen-bond donors (Lipinski definition) is 2. The van der Waals surface area contributed by atoms with Gasteiger partial charge in [-0.05, 0) is 47.7 Å². The molecule has 2 rings (SSSR count). The number of anilines is 1. The van der Waals surface area contributed by atoms with Crippen LogP contribution in [-0.2, 0) is 11.2 Å². The number of hydrogen-bond acceptors (Lipinski definition) is 2. The maximum Gasteiger partial charge on any atom is 0.238 e. The average Bonchev–Trinajstić information content (AvgIpc) is 2.57. The van der Waals surface area contributed by atoms with Crippen molar-refractivity contribution in [3.63, 3.8) is 0 Å². The average molecular weight is 328 g/mol. The molecule has 0 aliphatic rings. The highest BCUT2D eigenvalue weighted by molar-refractivity contribution is 5.92. The molecule has 0 bridgehead atoms. The summed E-state index contributed by atoms with van der Waals surface area (Å²) in [6, 6.07) is 14.3. The van der Waals surface area contributed by atoms with Crippen molar-refractivity contribution in [3.05, 3.63) is 65.5 Å². The van der Waals surface area contributed by atoms with Gasteiger partial charge in [0.2, 0.25) is 5.91 Å². The largest absolute Gasteiger partial charge is 0.325 e. The van der Waals surface area contributed by atoms with Gasteiger partial charge < -0.3 is 10.6 Å². The van der Waals surface area contributed by atoms with Gasteiger partial charge in [-0.15, -0.1) is 0 Å². The van der Waals surface area contributed by atoms with Gasteiger partial charge in [0.15, 0.2) is 0 Å². The molecule has 2 N–H and O–H groups in total. The van der Waals surface area contributed by atoms with E-state index in [1.165, 1.54) is 17.7 Å². The molecule has 1 atom stereocenters. The fraction of sp³-hybridized carbons (Fsp3) is 0.350. The molecule has 0 radical (unpaired) electrons. The Labute approximate surface area is 143 Å². The minimum Gasteiger partial charge on any atom is -0.325 e. The fourth-order valence-electron chi connectivity index (χ4n) is 2.64. The van der Waals surface area contributed by atoms with Crippen molar-refractivity contribution in [2.24, 2.45) is 5.92 Å². The highest BCUT2D eigenvalue weighted by atomic mass is 19.1. The van der Waals surface area contributed by atoms with E-state index >= 15 is 0 Å². The Morgan fingerprint density at radius 3 is 2.21 bits per heavy atom. The zero-order chi connectivity index (χ0) is 17.5. The summed E-state index contributed by atoms with van der Waals surface area (Å²) in [5.41, 5.74) is 3.01. The molecule has 0 aliphatic carbocycles. The molecule has 128 valence electrons. The second-order valence-electron chi connectivity index (χ2n) is 6.25. The van der Waals surface area contributed by atoms with Crippen LogP contribution >= 0.6 is 0 Å². The first-order valence-electron chi connectivity index (χ1n) is 8.37. The maximum atomic E-state index is 13.1. The molecular formula is C20H25FN2O. The Balaban J connectivity index is 1.93. The van der Waals surface area contributed by atoms with E-state index in [0.29, 0.717) is 0 Å². The highest BCUT2D eigenvalue weighted by Gasteiger charge is 2.16. The molecule has 0 saturated carbocycles. The SMILES string of the molecule is CCc1ccc(NC(=O)CN[C@H](c2ccc(F)cc2)C(C)C)cc1. The molecule has 0 aliphatic heterocycles. The molecule has 2 aromatic carbocycles. The van der Waals surface area contributed by atoms with Gasteiger partial charge in [0, 0.05) is 11.7 Å².